The molecule has 0 fully saturated rings. The summed E-state index contributed by atoms with van der Waals surface area (Å²) in [5.74, 6) is -0.0233. The Labute approximate surface area is 81.9 Å². The second-order valence-electron chi connectivity index (χ2n) is 3.12. The van der Waals surface area contributed by atoms with Gasteiger partial charge in [0, 0.05) is 12.6 Å². The van der Waals surface area contributed by atoms with Gasteiger partial charge in [0.1, 0.15) is 0 Å². The predicted octanol–water partition coefficient (Wildman–Crippen LogP) is 1.13. The lowest BCUT2D eigenvalue weighted by molar-refractivity contribution is 0.0955. The van der Waals surface area contributed by atoms with Crippen LogP contribution in [0.25, 0.3) is 0 Å². The Balaban J connectivity index is 2.54. The number of hydrogen-bond acceptors (Lipinski definition) is 3. The molecule has 1 aromatic heterocycles. The minimum Gasteiger partial charge on any atom is -0.350 e. The number of aryl methyl sites for hydroxylation is 1. The normalized spacial score (nSPS) is 12.5. The van der Waals surface area contributed by atoms with Crippen LogP contribution in [0.4, 0.5) is 0 Å². The molecular weight excluding hydrogens is 184 g/mol. The Morgan fingerprint density at radius 1 is 1.77 bits per heavy atom. The van der Waals surface area contributed by atoms with Crippen LogP contribution in [0.1, 0.15) is 22.2 Å². The average Bonchev–Trinajstić information content (AvgIpc) is 2.47. The van der Waals surface area contributed by atoms with Gasteiger partial charge in [-0.1, -0.05) is 0 Å². The SMILES string of the molecule is Cc1ccsc1C(=O)NCC(C)N. The molecule has 3 N–H and O–H groups in total. The summed E-state index contributed by atoms with van der Waals surface area (Å²) in [6.45, 7) is 4.31. The summed E-state index contributed by atoms with van der Waals surface area (Å²) in [7, 11) is 0. The molecule has 72 valence electrons. The van der Waals surface area contributed by atoms with E-state index in [0.717, 1.165) is 10.4 Å². The Bertz CT molecular complexity index is 294. The number of nitrogens with one attached hydrogen (secondary N) is 1. The molecule has 0 saturated heterocycles. The molecule has 0 aliphatic rings. The first kappa shape index (κ1) is 10.2. The highest BCUT2D eigenvalue weighted by Gasteiger charge is 2.09. The van der Waals surface area contributed by atoms with Gasteiger partial charge in [0.05, 0.1) is 4.88 Å². The van der Waals surface area contributed by atoms with Crippen molar-refractivity contribution in [1.29, 1.82) is 0 Å². The van der Waals surface area contributed by atoms with E-state index in [2.05, 4.69) is 5.32 Å². The van der Waals surface area contributed by atoms with E-state index >= 15 is 0 Å². The summed E-state index contributed by atoms with van der Waals surface area (Å²) in [6, 6.07) is 1.94. The Morgan fingerprint density at radius 2 is 2.46 bits per heavy atom. The van der Waals surface area contributed by atoms with Gasteiger partial charge in [-0.25, -0.2) is 0 Å². The van der Waals surface area contributed by atoms with Gasteiger partial charge in [0.15, 0.2) is 0 Å². The van der Waals surface area contributed by atoms with Gasteiger partial charge >= 0.3 is 0 Å². The lowest BCUT2D eigenvalue weighted by atomic mass is 10.3. The standard InChI is InChI=1S/C9H14N2OS/c1-6-3-4-13-8(6)9(12)11-5-7(2)10/h3-4,7H,5,10H2,1-2H3,(H,11,12). The van der Waals surface area contributed by atoms with Crippen molar-refractivity contribution in [3.63, 3.8) is 0 Å². The van der Waals surface area contributed by atoms with E-state index in [-0.39, 0.29) is 11.9 Å². The Kier molecular flexibility index (Phi) is 3.45. The monoisotopic (exact) mass is 198 g/mol. The molecule has 3 nitrogen and oxygen atoms in total. The second kappa shape index (κ2) is 4.39. The van der Waals surface area contributed by atoms with Gasteiger partial charge in [0.2, 0.25) is 0 Å². The first-order chi connectivity index (χ1) is 6.11. The summed E-state index contributed by atoms with van der Waals surface area (Å²) in [6.07, 6.45) is 0. The van der Waals surface area contributed by atoms with E-state index in [0.29, 0.717) is 6.54 Å². The van der Waals surface area contributed by atoms with E-state index in [1.165, 1.54) is 11.3 Å². The summed E-state index contributed by atoms with van der Waals surface area (Å²) < 4.78 is 0. The van der Waals surface area contributed by atoms with E-state index in [9.17, 15) is 4.79 Å². The Morgan fingerprint density at radius 3 is 2.92 bits per heavy atom. The summed E-state index contributed by atoms with van der Waals surface area (Å²) >= 11 is 1.46. The minimum atomic E-state index is -0.0233. The maximum Gasteiger partial charge on any atom is 0.261 e. The van der Waals surface area contributed by atoms with Crippen LogP contribution in [0.2, 0.25) is 0 Å². The first-order valence-corrected chi connectivity index (χ1v) is 5.07. The fourth-order valence-corrected chi connectivity index (χ4v) is 1.78. The quantitative estimate of drug-likeness (QED) is 0.765. The first-order valence-electron chi connectivity index (χ1n) is 4.19. The van der Waals surface area contributed by atoms with E-state index in [1.807, 2.05) is 25.3 Å². The van der Waals surface area contributed by atoms with Crippen LogP contribution in [0, 0.1) is 6.92 Å². The molecule has 1 amide bonds. The second-order valence-corrected chi connectivity index (χ2v) is 4.04. The highest BCUT2D eigenvalue weighted by atomic mass is 32.1. The van der Waals surface area contributed by atoms with Crippen molar-refractivity contribution in [2.24, 2.45) is 5.73 Å². The number of thiophene rings is 1. The largest absolute Gasteiger partial charge is 0.350 e. The predicted molar refractivity (Wildman–Crippen MR) is 55.0 cm³/mol. The lowest BCUT2D eigenvalue weighted by Gasteiger charge is -2.06. The van der Waals surface area contributed by atoms with Gasteiger partial charge < -0.3 is 11.1 Å². The van der Waals surface area contributed by atoms with Crippen molar-refractivity contribution in [3.8, 4) is 0 Å². The molecule has 1 atom stereocenters. The van der Waals surface area contributed by atoms with Crippen molar-refractivity contribution >= 4 is 17.2 Å². The molecule has 0 spiro atoms. The van der Waals surface area contributed by atoms with Gasteiger partial charge in [-0.15, -0.1) is 11.3 Å². The van der Waals surface area contributed by atoms with Crippen molar-refractivity contribution in [2.45, 2.75) is 19.9 Å². The fraction of sp³-hybridized carbons (Fsp3) is 0.444. The van der Waals surface area contributed by atoms with Gasteiger partial charge in [-0.05, 0) is 30.9 Å². The number of carbonyl (C=O) groups excluding carboxylic acids is 1. The third-order valence-electron chi connectivity index (χ3n) is 1.65. The molecule has 1 unspecified atom stereocenters. The molecule has 13 heavy (non-hydrogen) atoms. The van der Waals surface area contributed by atoms with Crippen molar-refractivity contribution < 1.29 is 4.79 Å². The van der Waals surface area contributed by atoms with Gasteiger partial charge in [-0.2, -0.15) is 0 Å². The topological polar surface area (TPSA) is 55.1 Å². The number of rotatable bonds is 3. The minimum absolute atomic E-state index is 0.00391. The zero-order chi connectivity index (χ0) is 9.84. The van der Waals surface area contributed by atoms with Crippen LogP contribution in [0.5, 0.6) is 0 Å². The molecule has 0 aliphatic carbocycles. The van der Waals surface area contributed by atoms with Crippen LogP contribution in [-0.4, -0.2) is 18.5 Å². The van der Waals surface area contributed by atoms with Gasteiger partial charge in [0.25, 0.3) is 5.91 Å². The Hall–Kier alpha value is -0.870. The molecule has 0 radical (unpaired) electrons. The molecule has 0 saturated carbocycles. The zero-order valence-corrected chi connectivity index (χ0v) is 8.65. The van der Waals surface area contributed by atoms with Crippen LogP contribution in [0.15, 0.2) is 11.4 Å². The van der Waals surface area contributed by atoms with Crippen LogP contribution < -0.4 is 11.1 Å². The highest BCUT2D eigenvalue weighted by Crippen LogP contribution is 2.14. The van der Waals surface area contributed by atoms with Crippen molar-refractivity contribution in [1.82, 2.24) is 5.32 Å². The molecule has 1 rings (SSSR count). The summed E-state index contributed by atoms with van der Waals surface area (Å²) in [5.41, 5.74) is 6.54. The maximum atomic E-state index is 11.5. The third-order valence-corrected chi connectivity index (χ3v) is 2.67. The molecule has 4 heteroatoms. The summed E-state index contributed by atoms with van der Waals surface area (Å²) in [4.78, 5) is 12.3. The number of hydrogen-bond donors (Lipinski definition) is 2. The molecular formula is C9H14N2OS. The van der Waals surface area contributed by atoms with E-state index < -0.39 is 0 Å². The van der Waals surface area contributed by atoms with Crippen LogP contribution in [0.3, 0.4) is 0 Å². The lowest BCUT2D eigenvalue weighted by Crippen LogP contribution is -2.35. The van der Waals surface area contributed by atoms with Gasteiger partial charge in [-0.3, -0.25) is 4.79 Å². The molecule has 0 aromatic carbocycles. The summed E-state index contributed by atoms with van der Waals surface area (Å²) in [5, 5.41) is 4.68. The fourth-order valence-electron chi connectivity index (χ4n) is 0.939. The van der Waals surface area contributed by atoms with Crippen LogP contribution in [-0.2, 0) is 0 Å². The van der Waals surface area contributed by atoms with E-state index in [4.69, 9.17) is 5.73 Å². The molecule has 0 bridgehead atoms. The van der Waals surface area contributed by atoms with E-state index in [1.54, 1.807) is 0 Å². The number of nitrogens with two attached hydrogens (primary N) is 1. The number of carbonyl (C=O) groups is 1. The average molecular weight is 198 g/mol. The highest BCUT2D eigenvalue weighted by molar-refractivity contribution is 7.12. The molecule has 0 aliphatic heterocycles. The van der Waals surface area contributed by atoms with Crippen molar-refractivity contribution in [2.75, 3.05) is 6.54 Å². The number of amides is 1. The van der Waals surface area contributed by atoms with Crippen LogP contribution >= 0.6 is 11.3 Å². The maximum absolute atomic E-state index is 11.5. The smallest absolute Gasteiger partial charge is 0.261 e. The molecule has 1 aromatic rings. The molecule has 1 heterocycles. The third kappa shape index (κ3) is 2.82. The zero-order valence-electron chi connectivity index (χ0n) is 7.83. The van der Waals surface area contributed by atoms with Crippen molar-refractivity contribution in [3.05, 3.63) is 21.9 Å².